The van der Waals surface area contributed by atoms with Crippen LogP contribution in [-0.4, -0.2) is 24.5 Å². The van der Waals surface area contributed by atoms with Gasteiger partial charge in [0.05, 0.1) is 13.2 Å². The van der Waals surface area contributed by atoms with Crippen molar-refractivity contribution in [3.63, 3.8) is 0 Å². The number of benzene rings is 1. The lowest BCUT2D eigenvalue weighted by molar-refractivity contribution is 0.0699. The minimum absolute atomic E-state index is 0.0228. The SMILES string of the molecule is COc1ccc(C(=O)N2CCc3sccc3C2c2cccs2)cc1. The molecule has 0 saturated carbocycles. The summed E-state index contributed by atoms with van der Waals surface area (Å²) in [4.78, 5) is 17.7. The van der Waals surface area contributed by atoms with Crippen LogP contribution >= 0.6 is 22.7 Å². The third-order valence-electron chi connectivity index (χ3n) is 4.38. The quantitative estimate of drug-likeness (QED) is 0.687. The van der Waals surface area contributed by atoms with Gasteiger partial charge in [0.15, 0.2) is 0 Å². The monoisotopic (exact) mass is 355 g/mol. The van der Waals surface area contributed by atoms with Crippen molar-refractivity contribution < 1.29 is 9.53 Å². The molecule has 1 amide bonds. The topological polar surface area (TPSA) is 29.5 Å². The van der Waals surface area contributed by atoms with Gasteiger partial charge < -0.3 is 9.64 Å². The van der Waals surface area contributed by atoms with Gasteiger partial charge in [-0.2, -0.15) is 0 Å². The van der Waals surface area contributed by atoms with Crippen LogP contribution in [0, 0.1) is 0 Å². The van der Waals surface area contributed by atoms with E-state index in [9.17, 15) is 4.79 Å². The number of nitrogens with zero attached hydrogens (tertiary/aromatic N) is 1. The maximum atomic E-state index is 13.1. The minimum atomic E-state index is 0.0228. The molecule has 1 unspecified atom stereocenters. The lowest BCUT2D eigenvalue weighted by Crippen LogP contribution is -2.39. The number of fused-ring (bicyclic) bond motifs is 1. The van der Waals surface area contributed by atoms with Gasteiger partial charge in [0.25, 0.3) is 5.91 Å². The number of hydrogen-bond acceptors (Lipinski definition) is 4. The van der Waals surface area contributed by atoms with Crippen molar-refractivity contribution in [3.05, 3.63) is 74.1 Å². The molecule has 0 N–H and O–H groups in total. The Morgan fingerprint density at radius 2 is 1.96 bits per heavy atom. The van der Waals surface area contributed by atoms with Crippen molar-refractivity contribution in [1.29, 1.82) is 0 Å². The van der Waals surface area contributed by atoms with E-state index in [0.717, 1.165) is 18.7 Å². The molecule has 3 nitrogen and oxygen atoms in total. The smallest absolute Gasteiger partial charge is 0.254 e. The lowest BCUT2D eigenvalue weighted by atomic mass is 9.97. The maximum Gasteiger partial charge on any atom is 0.254 e. The van der Waals surface area contributed by atoms with Crippen LogP contribution in [0.25, 0.3) is 0 Å². The summed E-state index contributed by atoms with van der Waals surface area (Å²) in [5.74, 6) is 0.841. The van der Waals surface area contributed by atoms with Crippen LogP contribution in [0.5, 0.6) is 5.75 Å². The normalized spacial score (nSPS) is 16.7. The van der Waals surface area contributed by atoms with E-state index in [1.807, 2.05) is 29.2 Å². The fraction of sp³-hybridized carbons (Fsp3) is 0.211. The maximum absolute atomic E-state index is 13.1. The largest absolute Gasteiger partial charge is 0.497 e. The predicted octanol–water partition coefficient (Wildman–Crippen LogP) is 4.61. The highest BCUT2D eigenvalue weighted by molar-refractivity contribution is 7.10. The highest BCUT2D eigenvalue weighted by Crippen LogP contribution is 2.40. The molecule has 1 aliphatic rings. The molecule has 0 fully saturated rings. The number of hydrogen-bond donors (Lipinski definition) is 0. The summed E-state index contributed by atoms with van der Waals surface area (Å²) in [6, 6.07) is 13.7. The molecule has 0 radical (unpaired) electrons. The van der Waals surface area contributed by atoms with Gasteiger partial charge in [-0.1, -0.05) is 6.07 Å². The number of amides is 1. The second-order valence-corrected chi connectivity index (χ2v) is 7.67. The Morgan fingerprint density at radius 1 is 1.12 bits per heavy atom. The molecule has 0 spiro atoms. The summed E-state index contributed by atoms with van der Waals surface area (Å²) in [6.07, 6.45) is 0.927. The molecular weight excluding hydrogens is 338 g/mol. The Bertz CT molecular complexity index is 837. The average Bonchev–Trinajstić information content (AvgIpc) is 3.31. The molecule has 5 heteroatoms. The van der Waals surface area contributed by atoms with Crippen LogP contribution in [0.4, 0.5) is 0 Å². The number of rotatable bonds is 3. The fourth-order valence-electron chi connectivity index (χ4n) is 3.19. The Balaban J connectivity index is 1.71. The molecule has 122 valence electrons. The van der Waals surface area contributed by atoms with Gasteiger partial charge >= 0.3 is 0 Å². The first-order valence-corrected chi connectivity index (χ1v) is 9.58. The van der Waals surface area contributed by atoms with Crippen molar-refractivity contribution in [2.45, 2.75) is 12.5 Å². The van der Waals surface area contributed by atoms with Gasteiger partial charge in [0, 0.05) is 21.9 Å². The molecule has 1 atom stereocenters. The van der Waals surface area contributed by atoms with E-state index in [1.165, 1.54) is 15.3 Å². The number of methoxy groups -OCH3 is 1. The van der Waals surface area contributed by atoms with Crippen molar-refractivity contribution in [2.24, 2.45) is 0 Å². The second-order valence-electron chi connectivity index (χ2n) is 5.69. The first-order chi connectivity index (χ1) is 11.8. The molecule has 1 aromatic carbocycles. The van der Waals surface area contributed by atoms with Crippen LogP contribution in [0.3, 0.4) is 0 Å². The molecule has 3 heterocycles. The van der Waals surface area contributed by atoms with E-state index < -0.39 is 0 Å². The molecule has 4 rings (SSSR count). The average molecular weight is 355 g/mol. The predicted molar refractivity (Wildman–Crippen MR) is 98.2 cm³/mol. The lowest BCUT2D eigenvalue weighted by Gasteiger charge is -2.35. The van der Waals surface area contributed by atoms with Crippen molar-refractivity contribution in [2.75, 3.05) is 13.7 Å². The van der Waals surface area contributed by atoms with Crippen LogP contribution < -0.4 is 4.74 Å². The third-order valence-corrected chi connectivity index (χ3v) is 6.30. The van der Waals surface area contributed by atoms with Crippen LogP contribution in [0.15, 0.2) is 53.2 Å². The number of thiophene rings is 2. The molecule has 2 aromatic heterocycles. The standard InChI is InChI=1S/C19H17NO2S2/c1-22-14-6-4-13(5-7-14)19(21)20-10-8-16-15(9-12-24-16)18(20)17-3-2-11-23-17/h2-7,9,11-12,18H,8,10H2,1H3. The van der Waals surface area contributed by atoms with Gasteiger partial charge in [-0.05, 0) is 59.1 Å². The Morgan fingerprint density at radius 3 is 2.67 bits per heavy atom. The molecule has 3 aromatic rings. The van der Waals surface area contributed by atoms with Crippen LogP contribution in [0.1, 0.15) is 31.7 Å². The van der Waals surface area contributed by atoms with Crippen molar-refractivity contribution in [3.8, 4) is 5.75 Å². The van der Waals surface area contributed by atoms with E-state index in [-0.39, 0.29) is 11.9 Å². The second kappa shape index (κ2) is 6.42. The van der Waals surface area contributed by atoms with Crippen molar-refractivity contribution >= 4 is 28.6 Å². The van der Waals surface area contributed by atoms with Gasteiger partial charge in [0.2, 0.25) is 0 Å². The van der Waals surface area contributed by atoms with E-state index in [1.54, 1.807) is 29.8 Å². The Hall–Kier alpha value is -2.11. The summed E-state index contributed by atoms with van der Waals surface area (Å²) in [5, 5.41) is 4.21. The minimum Gasteiger partial charge on any atom is -0.497 e. The highest BCUT2D eigenvalue weighted by Gasteiger charge is 2.33. The van der Waals surface area contributed by atoms with Gasteiger partial charge in [0.1, 0.15) is 5.75 Å². The number of ether oxygens (including phenoxy) is 1. The van der Waals surface area contributed by atoms with Gasteiger partial charge in [-0.3, -0.25) is 4.79 Å². The molecule has 0 saturated heterocycles. The highest BCUT2D eigenvalue weighted by atomic mass is 32.1. The molecule has 0 aliphatic carbocycles. The van der Waals surface area contributed by atoms with Gasteiger partial charge in [-0.25, -0.2) is 0 Å². The summed E-state index contributed by atoms with van der Waals surface area (Å²) in [7, 11) is 1.63. The Kier molecular flexibility index (Phi) is 4.12. The number of carbonyl (C=O) groups excluding carboxylic acids is 1. The van der Waals surface area contributed by atoms with E-state index >= 15 is 0 Å². The van der Waals surface area contributed by atoms with Crippen molar-refractivity contribution in [1.82, 2.24) is 4.90 Å². The summed E-state index contributed by atoms with van der Waals surface area (Å²) >= 11 is 3.50. The van der Waals surface area contributed by atoms with Crippen LogP contribution in [-0.2, 0) is 6.42 Å². The van der Waals surface area contributed by atoms with E-state index in [0.29, 0.717) is 5.56 Å². The summed E-state index contributed by atoms with van der Waals surface area (Å²) in [5.41, 5.74) is 1.98. The van der Waals surface area contributed by atoms with Gasteiger partial charge in [-0.15, -0.1) is 22.7 Å². The molecular formula is C19H17NO2S2. The van der Waals surface area contributed by atoms with Crippen LogP contribution in [0.2, 0.25) is 0 Å². The van der Waals surface area contributed by atoms with E-state index in [4.69, 9.17) is 4.74 Å². The zero-order chi connectivity index (χ0) is 16.5. The Labute approximate surface area is 149 Å². The van der Waals surface area contributed by atoms with E-state index in [2.05, 4.69) is 29.0 Å². The zero-order valence-corrected chi connectivity index (χ0v) is 14.9. The molecule has 0 bridgehead atoms. The zero-order valence-electron chi connectivity index (χ0n) is 13.3. The summed E-state index contributed by atoms with van der Waals surface area (Å²) < 4.78 is 5.19. The number of carbonyl (C=O) groups is 1. The molecule has 24 heavy (non-hydrogen) atoms. The molecule has 1 aliphatic heterocycles. The third kappa shape index (κ3) is 2.64. The first kappa shape index (κ1) is 15.4. The first-order valence-electron chi connectivity index (χ1n) is 7.82. The summed E-state index contributed by atoms with van der Waals surface area (Å²) in [6.45, 7) is 0.751. The fourth-order valence-corrected chi connectivity index (χ4v) is 4.95.